The molecule has 15 heavy (non-hydrogen) atoms. The molecule has 0 amide bonds. The van der Waals surface area contributed by atoms with Crippen molar-refractivity contribution < 1.29 is 14.4 Å². The summed E-state index contributed by atoms with van der Waals surface area (Å²) in [6.07, 6.45) is 1.49. The highest BCUT2D eigenvalue weighted by atomic mass is 35.5. The molecule has 0 saturated carbocycles. The van der Waals surface area contributed by atoms with Crippen molar-refractivity contribution in [2.45, 2.75) is 0 Å². The molecule has 0 saturated heterocycles. The largest absolute Gasteiger partial charge is 0.475 e. The first-order valence-electron chi connectivity index (χ1n) is 3.99. The molecular weight excluding hydrogens is 220 g/mol. The van der Waals surface area contributed by atoms with E-state index in [1.165, 1.54) is 12.3 Å². The Morgan fingerprint density at radius 3 is 2.80 bits per heavy atom. The van der Waals surface area contributed by atoms with Gasteiger partial charge in [0.15, 0.2) is 0 Å². The molecule has 2 heterocycles. The Bertz CT molecular complexity index is 492. The van der Waals surface area contributed by atoms with Crippen molar-refractivity contribution in [2.75, 3.05) is 0 Å². The lowest BCUT2D eigenvalue weighted by Gasteiger charge is -1.92. The Kier molecular flexibility index (Phi) is 2.39. The minimum atomic E-state index is -1.16. The van der Waals surface area contributed by atoms with Gasteiger partial charge in [0.1, 0.15) is 10.8 Å². The minimum absolute atomic E-state index is 0.208. The molecule has 1 N–H and O–H groups in total. The van der Waals surface area contributed by atoms with E-state index in [4.69, 9.17) is 16.7 Å². The molecule has 0 aliphatic rings. The standard InChI is InChI=1S/C9H5ClN2O3/c10-8-2-1-5(4-11-8)6-3-7(9(13)14)15-12-6/h1-4H,(H,13,14). The van der Waals surface area contributed by atoms with E-state index in [1.54, 1.807) is 12.1 Å². The maximum absolute atomic E-state index is 10.5. The van der Waals surface area contributed by atoms with E-state index in [0.717, 1.165) is 0 Å². The molecular formula is C9H5ClN2O3. The van der Waals surface area contributed by atoms with Crippen molar-refractivity contribution in [3.63, 3.8) is 0 Å². The Labute approximate surface area is 89.3 Å². The molecule has 0 aromatic carbocycles. The third-order valence-electron chi connectivity index (χ3n) is 1.74. The lowest BCUT2D eigenvalue weighted by Crippen LogP contribution is -1.91. The summed E-state index contributed by atoms with van der Waals surface area (Å²) >= 11 is 5.61. The normalized spacial score (nSPS) is 10.2. The van der Waals surface area contributed by atoms with Crippen LogP contribution < -0.4 is 0 Å². The maximum atomic E-state index is 10.5. The number of carboxylic acid groups (broad SMARTS) is 1. The Morgan fingerprint density at radius 2 is 2.27 bits per heavy atom. The predicted molar refractivity (Wildman–Crippen MR) is 51.7 cm³/mol. The van der Waals surface area contributed by atoms with Gasteiger partial charge in [-0.3, -0.25) is 0 Å². The fourth-order valence-electron chi connectivity index (χ4n) is 1.04. The minimum Gasteiger partial charge on any atom is -0.475 e. The van der Waals surface area contributed by atoms with E-state index in [0.29, 0.717) is 16.4 Å². The van der Waals surface area contributed by atoms with Crippen molar-refractivity contribution in [3.8, 4) is 11.3 Å². The first-order chi connectivity index (χ1) is 7.16. The number of carbonyl (C=O) groups is 1. The van der Waals surface area contributed by atoms with Gasteiger partial charge in [-0.25, -0.2) is 9.78 Å². The van der Waals surface area contributed by atoms with Gasteiger partial charge in [-0.15, -0.1) is 0 Å². The predicted octanol–water partition coefficient (Wildman–Crippen LogP) is 2.09. The summed E-state index contributed by atoms with van der Waals surface area (Å²) in [5.74, 6) is -1.37. The van der Waals surface area contributed by atoms with Crippen LogP contribution in [-0.4, -0.2) is 21.2 Å². The second-order valence-electron chi connectivity index (χ2n) is 2.75. The lowest BCUT2D eigenvalue weighted by atomic mass is 10.2. The molecule has 0 atom stereocenters. The van der Waals surface area contributed by atoms with Gasteiger partial charge < -0.3 is 9.63 Å². The van der Waals surface area contributed by atoms with E-state index in [-0.39, 0.29) is 5.76 Å². The molecule has 0 radical (unpaired) electrons. The van der Waals surface area contributed by atoms with E-state index in [2.05, 4.69) is 14.7 Å². The Morgan fingerprint density at radius 1 is 1.47 bits per heavy atom. The quantitative estimate of drug-likeness (QED) is 0.791. The number of nitrogens with zero attached hydrogens (tertiary/aromatic N) is 2. The van der Waals surface area contributed by atoms with Crippen molar-refractivity contribution in [3.05, 3.63) is 35.3 Å². The number of pyridine rings is 1. The zero-order valence-electron chi connectivity index (χ0n) is 7.35. The van der Waals surface area contributed by atoms with Crippen LogP contribution in [0.2, 0.25) is 5.15 Å². The van der Waals surface area contributed by atoms with Gasteiger partial charge >= 0.3 is 5.97 Å². The molecule has 0 bridgehead atoms. The number of aromatic carboxylic acids is 1. The number of carboxylic acids is 1. The van der Waals surface area contributed by atoms with Crippen molar-refractivity contribution >= 4 is 17.6 Å². The zero-order chi connectivity index (χ0) is 10.8. The SMILES string of the molecule is O=C(O)c1cc(-c2ccc(Cl)nc2)no1. The smallest absolute Gasteiger partial charge is 0.374 e. The first-order valence-corrected chi connectivity index (χ1v) is 4.36. The second-order valence-corrected chi connectivity index (χ2v) is 3.14. The van der Waals surface area contributed by atoms with Crippen LogP contribution in [0.4, 0.5) is 0 Å². The topological polar surface area (TPSA) is 76.2 Å². The molecule has 2 rings (SSSR count). The molecule has 2 aromatic heterocycles. The molecule has 6 heteroatoms. The summed E-state index contributed by atoms with van der Waals surface area (Å²) in [7, 11) is 0. The van der Waals surface area contributed by atoms with E-state index in [9.17, 15) is 4.79 Å². The highest BCUT2D eigenvalue weighted by Crippen LogP contribution is 2.19. The number of hydrogen-bond acceptors (Lipinski definition) is 4. The molecule has 0 aliphatic carbocycles. The van der Waals surface area contributed by atoms with Gasteiger partial charge in [-0.05, 0) is 12.1 Å². The lowest BCUT2D eigenvalue weighted by molar-refractivity contribution is 0.0652. The van der Waals surface area contributed by atoms with Crippen molar-refractivity contribution in [1.29, 1.82) is 0 Å². The van der Waals surface area contributed by atoms with Gasteiger partial charge in [0.05, 0.1) is 0 Å². The van der Waals surface area contributed by atoms with Gasteiger partial charge in [-0.2, -0.15) is 0 Å². The van der Waals surface area contributed by atoms with Crippen LogP contribution in [0.25, 0.3) is 11.3 Å². The number of halogens is 1. The summed E-state index contributed by atoms with van der Waals surface area (Å²) in [6.45, 7) is 0. The summed E-state index contributed by atoms with van der Waals surface area (Å²) in [5, 5.41) is 12.6. The van der Waals surface area contributed by atoms with Crippen LogP contribution in [0.3, 0.4) is 0 Å². The maximum Gasteiger partial charge on any atom is 0.374 e. The van der Waals surface area contributed by atoms with Crippen LogP contribution in [0, 0.1) is 0 Å². The van der Waals surface area contributed by atoms with Gasteiger partial charge in [0.2, 0.25) is 5.76 Å². The van der Waals surface area contributed by atoms with E-state index < -0.39 is 5.97 Å². The van der Waals surface area contributed by atoms with Crippen LogP contribution >= 0.6 is 11.6 Å². The molecule has 0 spiro atoms. The molecule has 0 fully saturated rings. The number of hydrogen-bond donors (Lipinski definition) is 1. The summed E-state index contributed by atoms with van der Waals surface area (Å²) < 4.78 is 4.60. The molecule has 5 nitrogen and oxygen atoms in total. The Balaban J connectivity index is 2.37. The van der Waals surface area contributed by atoms with Crippen molar-refractivity contribution in [1.82, 2.24) is 10.1 Å². The third kappa shape index (κ3) is 1.97. The fraction of sp³-hybridized carbons (Fsp3) is 0. The monoisotopic (exact) mass is 224 g/mol. The number of aromatic nitrogens is 2. The average Bonchev–Trinajstić information content (AvgIpc) is 2.68. The van der Waals surface area contributed by atoms with Crippen molar-refractivity contribution in [2.24, 2.45) is 0 Å². The summed E-state index contributed by atoms with van der Waals surface area (Å²) in [5.41, 5.74) is 1.06. The fourth-order valence-corrected chi connectivity index (χ4v) is 1.15. The average molecular weight is 225 g/mol. The molecule has 0 aliphatic heterocycles. The highest BCUT2D eigenvalue weighted by molar-refractivity contribution is 6.29. The number of rotatable bonds is 2. The second kappa shape index (κ2) is 3.70. The van der Waals surface area contributed by atoms with Crippen LogP contribution in [0.15, 0.2) is 28.9 Å². The van der Waals surface area contributed by atoms with Gasteiger partial charge in [0.25, 0.3) is 0 Å². The third-order valence-corrected chi connectivity index (χ3v) is 1.97. The molecule has 76 valence electrons. The van der Waals surface area contributed by atoms with Crippen LogP contribution in [-0.2, 0) is 0 Å². The summed E-state index contributed by atoms with van der Waals surface area (Å²) in [6, 6.07) is 4.60. The van der Waals surface area contributed by atoms with Crippen LogP contribution in [0.1, 0.15) is 10.6 Å². The zero-order valence-corrected chi connectivity index (χ0v) is 8.10. The molecule has 2 aromatic rings. The van der Waals surface area contributed by atoms with Crippen LogP contribution in [0.5, 0.6) is 0 Å². The highest BCUT2D eigenvalue weighted by Gasteiger charge is 2.12. The van der Waals surface area contributed by atoms with Gasteiger partial charge in [0, 0.05) is 17.8 Å². The first kappa shape index (κ1) is 9.67. The van der Waals surface area contributed by atoms with Gasteiger partial charge in [-0.1, -0.05) is 16.8 Å². The summed E-state index contributed by atoms with van der Waals surface area (Å²) in [4.78, 5) is 14.4. The van der Waals surface area contributed by atoms with E-state index in [1.807, 2.05) is 0 Å². The molecule has 0 unspecified atom stereocenters. The Hall–Kier alpha value is -1.88. The van der Waals surface area contributed by atoms with E-state index >= 15 is 0 Å².